The summed E-state index contributed by atoms with van der Waals surface area (Å²) in [7, 11) is -1.85. The van der Waals surface area contributed by atoms with Crippen LogP contribution < -0.4 is 10.1 Å². The van der Waals surface area contributed by atoms with E-state index in [0.717, 1.165) is 16.8 Å². The second-order valence-electron chi connectivity index (χ2n) is 10.6. The molecule has 1 unspecified atom stereocenters. The molecule has 2 aromatic carbocycles. The molecule has 7 nitrogen and oxygen atoms in total. The standard InChI is InChI=1S/C26H34ClFN4O3Si/c1-17-13-20(27)23(34-11-12-35-36(5,6)26(2,3)4)14-21(17)29-25-31-30-24-16-33-15-22(32(24)25)18-7-9-19(28)10-8-18/h7-10,13-14,22H,11-12,15-16H2,1-6H3,(H,29,31). The SMILES string of the molecule is Cc1cc(Cl)c(OCCO[Si](C)(C)C(C)(C)C)cc1Nc1nnc2n1C(c1ccc(F)cc1)COC2. The molecule has 36 heavy (non-hydrogen) atoms. The zero-order chi connectivity index (χ0) is 26.1. The van der Waals surface area contributed by atoms with Gasteiger partial charge in [0.15, 0.2) is 14.1 Å². The molecule has 1 aliphatic heterocycles. The summed E-state index contributed by atoms with van der Waals surface area (Å²) in [4.78, 5) is 0. The van der Waals surface area contributed by atoms with E-state index < -0.39 is 8.32 Å². The van der Waals surface area contributed by atoms with E-state index in [9.17, 15) is 4.39 Å². The third-order valence-corrected chi connectivity index (χ3v) is 11.8. The van der Waals surface area contributed by atoms with E-state index in [-0.39, 0.29) is 16.9 Å². The lowest BCUT2D eigenvalue weighted by molar-refractivity contribution is 0.0670. The topological polar surface area (TPSA) is 70.4 Å². The second-order valence-corrected chi connectivity index (χ2v) is 15.8. The van der Waals surface area contributed by atoms with Crippen LogP contribution in [0.3, 0.4) is 0 Å². The van der Waals surface area contributed by atoms with E-state index in [4.69, 9.17) is 25.5 Å². The van der Waals surface area contributed by atoms with Crippen LogP contribution in [0.4, 0.5) is 16.0 Å². The number of ether oxygens (including phenoxy) is 2. The Balaban J connectivity index is 1.51. The fourth-order valence-electron chi connectivity index (χ4n) is 3.78. The summed E-state index contributed by atoms with van der Waals surface area (Å²) < 4.78 is 33.4. The van der Waals surface area contributed by atoms with Crippen molar-refractivity contribution in [3.63, 3.8) is 0 Å². The van der Waals surface area contributed by atoms with Crippen LogP contribution in [0.15, 0.2) is 36.4 Å². The summed E-state index contributed by atoms with van der Waals surface area (Å²) in [6.45, 7) is 14.7. The van der Waals surface area contributed by atoms with Crippen molar-refractivity contribution in [2.24, 2.45) is 0 Å². The van der Waals surface area contributed by atoms with Crippen LogP contribution in [0.1, 0.15) is 43.8 Å². The van der Waals surface area contributed by atoms with Crippen molar-refractivity contribution in [2.45, 2.75) is 58.5 Å². The minimum atomic E-state index is -1.85. The van der Waals surface area contributed by atoms with Gasteiger partial charge in [-0.3, -0.25) is 4.57 Å². The van der Waals surface area contributed by atoms with Crippen molar-refractivity contribution < 1.29 is 18.3 Å². The number of nitrogens with one attached hydrogen (secondary N) is 1. The molecule has 4 rings (SSSR count). The Morgan fingerprint density at radius 3 is 2.58 bits per heavy atom. The lowest BCUT2D eigenvalue weighted by Gasteiger charge is -2.36. The van der Waals surface area contributed by atoms with E-state index >= 15 is 0 Å². The lowest BCUT2D eigenvalue weighted by Crippen LogP contribution is -2.41. The van der Waals surface area contributed by atoms with Gasteiger partial charge in [0, 0.05) is 11.8 Å². The Morgan fingerprint density at radius 2 is 1.89 bits per heavy atom. The summed E-state index contributed by atoms with van der Waals surface area (Å²) in [6, 6.07) is 9.97. The Bertz CT molecular complexity index is 1210. The molecule has 1 atom stereocenters. The van der Waals surface area contributed by atoms with Gasteiger partial charge in [0.05, 0.1) is 24.3 Å². The minimum absolute atomic E-state index is 0.139. The van der Waals surface area contributed by atoms with Crippen LogP contribution in [0.25, 0.3) is 0 Å². The van der Waals surface area contributed by atoms with Gasteiger partial charge in [-0.2, -0.15) is 0 Å². The van der Waals surface area contributed by atoms with Crippen molar-refractivity contribution in [3.05, 3.63) is 64.2 Å². The Labute approximate surface area is 218 Å². The van der Waals surface area contributed by atoms with Gasteiger partial charge >= 0.3 is 0 Å². The van der Waals surface area contributed by atoms with E-state index in [1.165, 1.54) is 12.1 Å². The number of hydrogen-bond donors (Lipinski definition) is 1. The normalized spacial score (nSPS) is 16.1. The Kier molecular flexibility index (Phi) is 7.75. The van der Waals surface area contributed by atoms with E-state index in [2.05, 4.69) is 49.4 Å². The van der Waals surface area contributed by atoms with Crippen LogP contribution >= 0.6 is 11.6 Å². The maximum absolute atomic E-state index is 13.5. The van der Waals surface area contributed by atoms with Crippen LogP contribution in [0, 0.1) is 12.7 Å². The number of aryl methyl sites for hydroxylation is 1. The van der Waals surface area contributed by atoms with Crippen molar-refractivity contribution in [2.75, 3.05) is 25.1 Å². The van der Waals surface area contributed by atoms with Gasteiger partial charge in [-0.25, -0.2) is 4.39 Å². The number of aromatic nitrogens is 3. The van der Waals surface area contributed by atoms with Gasteiger partial charge in [-0.15, -0.1) is 10.2 Å². The number of halogens is 2. The maximum atomic E-state index is 13.5. The number of fused-ring (bicyclic) bond motifs is 1. The summed E-state index contributed by atoms with van der Waals surface area (Å²) >= 11 is 6.49. The molecule has 1 aromatic heterocycles. The highest BCUT2D eigenvalue weighted by Gasteiger charge is 2.37. The summed E-state index contributed by atoms with van der Waals surface area (Å²) in [5.41, 5.74) is 2.66. The van der Waals surface area contributed by atoms with Gasteiger partial charge in [-0.05, 0) is 54.4 Å². The predicted molar refractivity (Wildman–Crippen MR) is 142 cm³/mol. The largest absolute Gasteiger partial charge is 0.490 e. The van der Waals surface area contributed by atoms with E-state index in [1.54, 1.807) is 12.1 Å². The third kappa shape index (κ3) is 5.75. The highest BCUT2D eigenvalue weighted by molar-refractivity contribution is 6.74. The molecule has 0 fully saturated rings. The lowest BCUT2D eigenvalue weighted by atomic mass is 10.1. The van der Waals surface area contributed by atoms with Gasteiger partial charge in [-0.1, -0.05) is 44.5 Å². The monoisotopic (exact) mass is 532 g/mol. The summed E-state index contributed by atoms with van der Waals surface area (Å²) in [6.07, 6.45) is 0. The number of anilines is 2. The molecule has 0 spiro atoms. The fourth-order valence-corrected chi connectivity index (χ4v) is 5.08. The molecule has 0 bridgehead atoms. The summed E-state index contributed by atoms with van der Waals surface area (Å²) in [5.74, 6) is 1.56. The van der Waals surface area contributed by atoms with Crippen molar-refractivity contribution >= 4 is 31.6 Å². The van der Waals surface area contributed by atoms with Gasteiger partial charge in [0.25, 0.3) is 0 Å². The van der Waals surface area contributed by atoms with Gasteiger partial charge in [0.2, 0.25) is 5.95 Å². The number of nitrogens with zero attached hydrogens (tertiary/aromatic N) is 3. The Hall–Kier alpha value is -2.46. The molecule has 0 aliphatic carbocycles. The number of benzene rings is 2. The molecule has 3 aromatic rings. The number of rotatable bonds is 8. The highest BCUT2D eigenvalue weighted by atomic mass is 35.5. The zero-order valence-corrected chi connectivity index (χ0v) is 23.4. The fraction of sp³-hybridized carbons (Fsp3) is 0.462. The smallest absolute Gasteiger partial charge is 0.229 e. The molecule has 2 heterocycles. The molecule has 10 heteroatoms. The highest BCUT2D eigenvalue weighted by Crippen LogP contribution is 2.37. The molecular formula is C26H34ClFN4O3Si. The van der Waals surface area contributed by atoms with Crippen molar-refractivity contribution in [1.29, 1.82) is 0 Å². The van der Waals surface area contributed by atoms with E-state index in [0.29, 0.717) is 49.0 Å². The van der Waals surface area contributed by atoms with Crippen molar-refractivity contribution in [3.8, 4) is 5.75 Å². The number of hydrogen-bond acceptors (Lipinski definition) is 6. The first kappa shape index (κ1) is 26.6. The van der Waals surface area contributed by atoms with Gasteiger partial charge in [0.1, 0.15) is 24.8 Å². The first-order valence-electron chi connectivity index (χ1n) is 12.1. The third-order valence-electron chi connectivity index (χ3n) is 6.98. The van der Waals surface area contributed by atoms with Crippen LogP contribution in [-0.2, 0) is 15.8 Å². The maximum Gasteiger partial charge on any atom is 0.229 e. The molecule has 0 amide bonds. The average molecular weight is 533 g/mol. The first-order valence-corrected chi connectivity index (χ1v) is 15.4. The first-order chi connectivity index (χ1) is 17.0. The molecule has 0 saturated carbocycles. The molecule has 194 valence electrons. The van der Waals surface area contributed by atoms with Gasteiger partial charge < -0.3 is 19.2 Å². The van der Waals surface area contributed by atoms with E-state index in [1.807, 2.05) is 23.6 Å². The van der Waals surface area contributed by atoms with Crippen LogP contribution in [0.5, 0.6) is 5.75 Å². The Morgan fingerprint density at radius 1 is 1.17 bits per heavy atom. The molecular weight excluding hydrogens is 499 g/mol. The van der Waals surface area contributed by atoms with Crippen molar-refractivity contribution in [1.82, 2.24) is 14.8 Å². The molecule has 0 radical (unpaired) electrons. The second kappa shape index (κ2) is 10.5. The van der Waals surface area contributed by atoms with Crippen LogP contribution in [-0.4, -0.2) is 42.9 Å². The molecule has 1 aliphatic rings. The molecule has 1 N–H and O–H groups in total. The van der Waals surface area contributed by atoms with Crippen LogP contribution in [0.2, 0.25) is 23.2 Å². The quantitative estimate of drug-likeness (QED) is 0.259. The molecule has 0 saturated heterocycles. The summed E-state index contributed by atoms with van der Waals surface area (Å²) in [5, 5.41) is 12.7. The minimum Gasteiger partial charge on any atom is -0.490 e. The predicted octanol–water partition coefficient (Wildman–Crippen LogP) is 6.64. The average Bonchev–Trinajstić information content (AvgIpc) is 3.22. The zero-order valence-electron chi connectivity index (χ0n) is 21.7.